The van der Waals surface area contributed by atoms with Crippen LogP contribution < -0.4 is 14.8 Å². The number of nitrogens with zero attached hydrogens (tertiary/aromatic N) is 1. The van der Waals surface area contributed by atoms with Gasteiger partial charge in [0.1, 0.15) is 17.1 Å². The van der Waals surface area contributed by atoms with E-state index in [0.717, 1.165) is 11.1 Å². The zero-order valence-electron chi connectivity index (χ0n) is 15.8. The summed E-state index contributed by atoms with van der Waals surface area (Å²) < 4.78 is 16.1. The molecule has 0 unspecified atom stereocenters. The fraction of sp³-hybridized carbons (Fsp3) is 0.238. The van der Waals surface area contributed by atoms with E-state index in [2.05, 4.69) is 10.5 Å². The molecule has 1 aromatic heterocycles. The van der Waals surface area contributed by atoms with E-state index < -0.39 is 0 Å². The van der Waals surface area contributed by atoms with Gasteiger partial charge < -0.3 is 19.3 Å². The number of benzene rings is 2. The van der Waals surface area contributed by atoms with E-state index in [-0.39, 0.29) is 5.91 Å². The quantitative estimate of drug-likeness (QED) is 0.716. The first-order valence-electron chi connectivity index (χ1n) is 8.55. The Bertz CT molecular complexity index is 940. The molecule has 0 saturated carbocycles. The predicted octanol–water partition coefficient (Wildman–Crippen LogP) is 3.91. The van der Waals surface area contributed by atoms with Crippen LogP contribution in [-0.2, 0) is 6.54 Å². The van der Waals surface area contributed by atoms with Crippen LogP contribution in [-0.4, -0.2) is 25.3 Å². The number of nitrogens with one attached hydrogen (secondary N) is 1. The van der Waals surface area contributed by atoms with E-state index in [1.165, 1.54) is 0 Å². The number of carbonyl (C=O) groups is 1. The van der Waals surface area contributed by atoms with Crippen LogP contribution in [0.4, 0.5) is 0 Å². The third kappa shape index (κ3) is 4.11. The number of carbonyl (C=O) groups excluding carboxylic acids is 1. The lowest BCUT2D eigenvalue weighted by Crippen LogP contribution is -2.23. The van der Waals surface area contributed by atoms with E-state index in [0.29, 0.717) is 40.6 Å². The van der Waals surface area contributed by atoms with Crippen LogP contribution in [0.25, 0.3) is 11.3 Å². The van der Waals surface area contributed by atoms with Crippen LogP contribution in [0.15, 0.2) is 47.0 Å². The number of amides is 1. The molecule has 6 heteroatoms. The average molecular weight is 366 g/mol. The molecule has 0 spiro atoms. The minimum absolute atomic E-state index is 0.243. The minimum Gasteiger partial charge on any atom is -0.497 e. The smallest absolute Gasteiger partial charge is 0.257 e. The molecule has 1 N–H and O–H groups in total. The Kier molecular flexibility index (Phi) is 5.45. The van der Waals surface area contributed by atoms with Gasteiger partial charge in [-0.2, -0.15) is 0 Å². The second-order valence-corrected chi connectivity index (χ2v) is 6.25. The van der Waals surface area contributed by atoms with E-state index in [1.54, 1.807) is 39.3 Å². The van der Waals surface area contributed by atoms with Crippen molar-refractivity contribution in [3.8, 4) is 22.8 Å². The Labute approximate surface area is 158 Å². The second-order valence-electron chi connectivity index (χ2n) is 6.25. The summed E-state index contributed by atoms with van der Waals surface area (Å²) in [6, 6.07) is 13.3. The zero-order valence-corrected chi connectivity index (χ0v) is 15.8. The highest BCUT2D eigenvalue weighted by molar-refractivity contribution is 6.00. The first-order chi connectivity index (χ1) is 13.0. The Morgan fingerprint density at radius 3 is 2.41 bits per heavy atom. The van der Waals surface area contributed by atoms with E-state index >= 15 is 0 Å². The molecule has 0 radical (unpaired) electrons. The van der Waals surface area contributed by atoms with Crippen molar-refractivity contribution >= 4 is 5.91 Å². The second kappa shape index (κ2) is 7.95. The summed E-state index contributed by atoms with van der Waals surface area (Å²) in [5.74, 6) is 1.34. The summed E-state index contributed by atoms with van der Waals surface area (Å²) in [5, 5.41) is 6.91. The standard InChI is InChI=1S/C21H22N2O4/c1-13-6-5-7-15(8-13)12-22-21(24)19-14(2)23-27-20(19)16-9-17(25-3)11-18(10-16)26-4/h5-11H,12H2,1-4H3,(H,22,24). The largest absolute Gasteiger partial charge is 0.497 e. The molecular formula is C21H22N2O4. The van der Waals surface area contributed by atoms with Crippen molar-refractivity contribution in [3.05, 3.63) is 64.8 Å². The van der Waals surface area contributed by atoms with Gasteiger partial charge in [-0.25, -0.2) is 0 Å². The van der Waals surface area contributed by atoms with Gasteiger partial charge in [-0.1, -0.05) is 35.0 Å². The molecule has 0 aliphatic heterocycles. The maximum Gasteiger partial charge on any atom is 0.257 e. The topological polar surface area (TPSA) is 73.6 Å². The molecule has 0 bridgehead atoms. The number of methoxy groups -OCH3 is 2. The summed E-state index contributed by atoms with van der Waals surface area (Å²) in [5.41, 5.74) is 3.76. The normalized spacial score (nSPS) is 10.5. The van der Waals surface area contributed by atoms with Crippen molar-refractivity contribution in [2.45, 2.75) is 20.4 Å². The molecule has 0 aliphatic rings. The van der Waals surface area contributed by atoms with Gasteiger partial charge in [-0.3, -0.25) is 4.79 Å². The first kappa shape index (κ1) is 18.5. The van der Waals surface area contributed by atoms with Crippen LogP contribution in [0.1, 0.15) is 27.2 Å². The SMILES string of the molecule is COc1cc(OC)cc(-c2onc(C)c2C(=O)NCc2cccc(C)c2)c1. The van der Waals surface area contributed by atoms with Gasteiger partial charge in [-0.05, 0) is 31.5 Å². The van der Waals surface area contributed by atoms with Crippen LogP contribution in [0.5, 0.6) is 11.5 Å². The average Bonchev–Trinajstić information content (AvgIpc) is 3.07. The number of aryl methyl sites for hydroxylation is 2. The number of hydrogen-bond acceptors (Lipinski definition) is 5. The van der Waals surface area contributed by atoms with Gasteiger partial charge in [0.25, 0.3) is 5.91 Å². The molecule has 2 aromatic carbocycles. The highest BCUT2D eigenvalue weighted by Crippen LogP contribution is 2.33. The van der Waals surface area contributed by atoms with Crippen molar-refractivity contribution in [1.29, 1.82) is 0 Å². The lowest BCUT2D eigenvalue weighted by atomic mass is 10.1. The van der Waals surface area contributed by atoms with Crippen molar-refractivity contribution in [2.24, 2.45) is 0 Å². The molecule has 0 saturated heterocycles. The maximum absolute atomic E-state index is 12.8. The molecule has 3 rings (SSSR count). The molecule has 6 nitrogen and oxygen atoms in total. The summed E-state index contributed by atoms with van der Waals surface area (Å²) in [7, 11) is 3.14. The van der Waals surface area contributed by atoms with Crippen LogP contribution in [0, 0.1) is 13.8 Å². The molecule has 140 valence electrons. The Morgan fingerprint density at radius 1 is 1.07 bits per heavy atom. The highest BCUT2D eigenvalue weighted by Gasteiger charge is 2.22. The van der Waals surface area contributed by atoms with Crippen LogP contribution in [0.2, 0.25) is 0 Å². The Hall–Kier alpha value is -3.28. The van der Waals surface area contributed by atoms with Gasteiger partial charge in [0.05, 0.1) is 19.9 Å². The van der Waals surface area contributed by atoms with Gasteiger partial charge in [0, 0.05) is 18.2 Å². The third-order valence-electron chi connectivity index (χ3n) is 4.24. The van der Waals surface area contributed by atoms with Gasteiger partial charge in [0.2, 0.25) is 0 Å². The number of aromatic nitrogens is 1. The van der Waals surface area contributed by atoms with Gasteiger partial charge in [-0.15, -0.1) is 0 Å². The minimum atomic E-state index is -0.243. The Morgan fingerprint density at radius 2 is 1.78 bits per heavy atom. The maximum atomic E-state index is 12.8. The van der Waals surface area contributed by atoms with Gasteiger partial charge in [0.15, 0.2) is 5.76 Å². The van der Waals surface area contributed by atoms with Crippen LogP contribution >= 0.6 is 0 Å². The van der Waals surface area contributed by atoms with Crippen molar-refractivity contribution in [3.63, 3.8) is 0 Å². The number of ether oxygens (including phenoxy) is 2. The molecule has 0 fully saturated rings. The highest BCUT2D eigenvalue weighted by atomic mass is 16.5. The molecule has 27 heavy (non-hydrogen) atoms. The number of hydrogen-bond donors (Lipinski definition) is 1. The lowest BCUT2D eigenvalue weighted by molar-refractivity contribution is 0.0950. The molecule has 3 aromatic rings. The summed E-state index contributed by atoms with van der Waals surface area (Å²) in [6.07, 6.45) is 0. The summed E-state index contributed by atoms with van der Waals surface area (Å²) >= 11 is 0. The summed E-state index contributed by atoms with van der Waals surface area (Å²) in [4.78, 5) is 12.8. The lowest BCUT2D eigenvalue weighted by Gasteiger charge is -2.09. The third-order valence-corrected chi connectivity index (χ3v) is 4.24. The first-order valence-corrected chi connectivity index (χ1v) is 8.55. The van der Waals surface area contributed by atoms with E-state index in [4.69, 9.17) is 14.0 Å². The predicted molar refractivity (Wildman–Crippen MR) is 102 cm³/mol. The van der Waals surface area contributed by atoms with Crippen molar-refractivity contribution < 1.29 is 18.8 Å². The van der Waals surface area contributed by atoms with Crippen molar-refractivity contribution in [2.75, 3.05) is 14.2 Å². The fourth-order valence-electron chi connectivity index (χ4n) is 2.87. The summed E-state index contributed by atoms with van der Waals surface area (Å²) in [6.45, 7) is 4.18. The molecule has 0 atom stereocenters. The van der Waals surface area contributed by atoms with Gasteiger partial charge >= 0.3 is 0 Å². The van der Waals surface area contributed by atoms with E-state index in [1.807, 2.05) is 31.2 Å². The molecule has 1 amide bonds. The Balaban J connectivity index is 1.89. The number of rotatable bonds is 6. The molecular weight excluding hydrogens is 344 g/mol. The van der Waals surface area contributed by atoms with E-state index in [9.17, 15) is 4.79 Å². The fourth-order valence-corrected chi connectivity index (χ4v) is 2.87. The monoisotopic (exact) mass is 366 g/mol. The van der Waals surface area contributed by atoms with Crippen LogP contribution in [0.3, 0.4) is 0 Å². The molecule has 1 heterocycles. The molecule has 0 aliphatic carbocycles. The zero-order chi connectivity index (χ0) is 19.4. The van der Waals surface area contributed by atoms with Crippen molar-refractivity contribution in [1.82, 2.24) is 10.5 Å².